The van der Waals surface area contributed by atoms with E-state index in [1.54, 1.807) is 0 Å². The Morgan fingerprint density at radius 2 is 1.89 bits per heavy atom. The van der Waals surface area contributed by atoms with Crippen LogP contribution in [0.1, 0.15) is 45.3 Å². The molecule has 2 aromatic rings. The number of hydrogen-bond acceptors (Lipinski definition) is 2. The first-order valence-corrected chi connectivity index (χ1v) is 7.22. The van der Waals surface area contributed by atoms with Crippen LogP contribution in [0.25, 0.3) is 11.0 Å². The van der Waals surface area contributed by atoms with Crippen molar-refractivity contribution in [2.45, 2.75) is 45.1 Å². The molecule has 1 aliphatic rings. The Balaban J connectivity index is 2.12. The van der Waals surface area contributed by atoms with Gasteiger partial charge in [-0.3, -0.25) is 0 Å². The molecule has 19 heavy (non-hydrogen) atoms. The Morgan fingerprint density at radius 1 is 1.16 bits per heavy atom. The molecule has 2 nitrogen and oxygen atoms in total. The zero-order valence-corrected chi connectivity index (χ0v) is 12.1. The third kappa shape index (κ3) is 1.98. The topological polar surface area (TPSA) is 33.4 Å². The molecule has 3 heteroatoms. The van der Waals surface area contributed by atoms with Gasteiger partial charge in [-0.25, -0.2) is 0 Å². The maximum absolute atomic E-state index is 11.1. The van der Waals surface area contributed by atoms with Gasteiger partial charge in [0.1, 0.15) is 16.9 Å². The fourth-order valence-electron chi connectivity index (χ4n) is 3.17. The van der Waals surface area contributed by atoms with Crippen LogP contribution in [0.2, 0.25) is 5.02 Å². The maximum atomic E-state index is 11.1. The van der Waals surface area contributed by atoms with E-state index >= 15 is 0 Å². The first-order chi connectivity index (χ1) is 8.92. The Kier molecular flexibility index (Phi) is 2.91. The van der Waals surface area contributed by atoms with E-state index in [9.17, 15) is 5.11 Å². The molecule has 1 saturated carbocycles. The smallest absolute Gasteiger partial charge is 0.137 e. The van der Waals surface area contributed by atoms with E-state index in [0.717, 1.165) is 30.2 Å². The summed E-state index contributed by atoms with van der Waals surface area (Å²) in [5.74, 6) is 0.675. The number of furan rings is 1. The van der Waals surface area contributed by atoms with Crippen LogP contribution in [0.3, 0.4) is 0 Å². The van der Waals surface area contributed by atoms with Gasteiger partial charge in [0, 0.05) is 15.8 Å². The molecule has 0 bridgehead atoms. The molecule has 0 aliphatic heterocycles. The molecule has 1 fully saturated rings. The van der Waals surface area contributed by atoms with Gasteiger partial charge >= 0.3 is 0 Å². The fourth-order valence-corrected chi connectivity index (χ4v) is 3.35. The summed E-state index contributed by atoms with van der Waals surface area (Å²) in [4.78, 5) is 0. The lowest BCUT2D eigenvalue weighted by Gasteiger charge is -2.45. The highest BCUT2D eigenvalue weighted by atomic mass is 35.5. The van der Waals surface area contributed by atoms with Gasteiger partial charge in [0.2, 0.25) is 0 Å². The van der Waals surface area contributed by atoms with Crippen LogP contribution < -0.4 is 0 Å². The molecule has 1 aromatic heterocycles. The summed E-state index contributed by atoms with van der Waals surface area (Å²) in [6.45, 7) is 4.23. The molecule has 0 saturated heterocycles. The highest BCUT2D eigenvalue weighted by Crippen LogP contribution is 2.51. The summed E-state index contributed by atoms with van der Waals surface area (Å²) in [7, 11) is 0. The SMILES string of the molecule is CC1(C)CCCCC1(O)c1cc2cc(Cl)ccc2o1. The fraction of sp³-hybridized carbons (Fsp3) is 0.500. The Morgan fingerprint density at radius 3 is 2.63 bits per heavy atom. The maximum Gasteiger partial charge on any atom is 0.137 e. The van der Waals surface area contributed by atoms with Crippen molar-refractivity contribution >= 4 is 22.6 Å². The molecule has 1 atom stereocenters. The second kappa shape index (κ2) is 4.26. The van der Waals surface area contributed by atoms with Gasteiger partial charge in [-0.1, -0.05) is 38.3 Å². The van der Waals surface area contributed by atoms with Gasteiger partial charge in [0.15, 0.2) is 0 Å². The number of aliphatic hydroxyl groups is 1. The van der Waals surface area contributed by atoms with Crippen molar-refractivity contribution in [1.82, 2.24) is 0 Å². The van der Waals surface area contributed by atoms with E-state index in [1.165, 1.54) is 6.42 Å². The minimum absolute atomic E-state index is 0.164. The van der Waals surface area contributed by atoms with Crippen LogP contribution >= 0.6 is 11.6 Å². The summed E-state index contributed by atoms with van der Waals surface area (Å²) in [6, 6.07) is 7.49. The lowest BCUT2D eigenvalue weighted by Crippen LogP contribution is -2.44. The highest BCUT2D eigenvalue weighted by molar-refractivity contribution is 6.31. The Bertz CT molecular complexity index is 614. The third-order valence-electron chi connectivity index (χ3n) is 4.60. The summed E-state index contributed by atoms with van der Waals surface area (Å²) in [5.41, 5.74) is -0.256. The van der Waals surface area contributed by atoms with Gasteiger partial charge in [0.25, 0.3) is 0 Å². The summed E-state index contributed by atoms with van der Waals surface area (Å²) < 4.78 is 5.89. The van der Waals surface area contributed by atoms with Crippen LogP contribution in [0.4, 0.5) is 0 Å². The van der Waals surface area contributed by atoms with Crippen molar-refractivity contribution in [2.75, 3.05) is 0 Å². The van der Waals surface area contributed by atoms with Crippen molar-refractivity contribution in [2.24, 2.45) is 5.41 Å². The van der Waals surface area contributed by atoms with Gasteiger partial charge in [-0.05, 0) is 37.1 Å². The molecule has 0 spiro atoms. The number of hydrogen-bond donors (Lipinski definition) is 1. The van der Waals surface area contributed by atoms with Crippen LogP contribution in [0, 0.1) is 5.41 Å². The van der Waals surface area contributed by atoms with Crippen LogP contribution in [-0.4, -0.2) is 5.11 Å². The van der Waals surface area contributed by atoms with Crippen molar-refractivity contribution in [1.29, 1.82) is 0 Å². The van der Waals surface area contributed by atoms with E-state index in [0.29, 0.717) is 10.8 Å². The first kappa shape index (κ1) is 13.0. The number of benzene rings is 1. The molecule has 3 rings (SSSR count). The minimum Gasteiger partial charge on any atom is -0.458 e. The average molecular weight is 279 g/mol. The molecular weight excluding hydrogens is 260 g/mol. The van der Waals surface area contributed by atoms with Gasteiger partial charge in [-0.2, -0.15) is 0 Å². The number of rotatable bonds is 1. The molecule has 1 aliphatic carbocycles. The second-order valence-electron chi connectivity index (χ2n) is 6.24. The summed E-state index contributed by atoms with van der Waals surface area (Å²) >= 11 is 6.00. The van der Waals surface area contributed by atoms with E-state index in [-0.39, 0.29) is 5.41 Å². The van der Waals surface area contributed by atoms with Gasteiger partial charge < -0.3 is 9.52 Å². The second-order valence-corrected chi connectivity index (χ2v) is 6.68. The molecule has 0 radical (unpaired) electrons. The predicted octanol–water partition coefficient (Wildman–Crippen LogP) is 4.87. The normalized spacial score (nSPS) is 26.7. The first-order valence-electron chi connectivity index (χ1n) is 6.84. The summed E-state index contributed by atoms with van der Waals surface area (Å²) in [5, 5.41) is 12.8. The largest absolute Gasteiger partial charge is 0.458 e. The third-order valence-corrected chi connectivity index (χ3v) is 4.83. The van der Waals surface area contributed by atoms with E-state index in [2.05, 4.69) is 13.8 Å². The van der Waals surface area contributed by atoms with Crippen molar-refractivity contribution in [3.63, 3.8) is 0 Å². The zero-order valence-electron chi connectivity index (χ0n) is 11.4. The van der Waals surface area contributed by atoms with E-state index in [4.69, 9.17) is 16.0 Å². The molecule has 102 valence electrons. The molecule has 0 amide bonds. The standard InChI is InChI=1S/C16H19ClO2/c1-15(2)7-3-4-8-16(15,18)14-10-11-9-12(17)5-6-13(11)19-14/h5-6,9-10,18H,3-4,7-8H2,1-2H3. The summed E-state index contributed by atoms with van der Waals surface area (Å²) in [6.07, 6.45) is 3.98. The molecule has 1 aromatic carbocycles. The monoisotopic (exact) mass is 278 g/mol. The Labute approximate surface area is 118 Å². The van der Waals surface area contributed by atoms with E-state index < -0.39 is 5.60 Å². The lowest BCUT2D eigenvalue weighted by molar-refractivity contribution is -0.117. The highest BCUT2D eigenvalue weighted by Gasteiger charge is 2.48. The Hall–Kier alpha value is -0.990. The molecule has 1 unspecified atom stereocenters. The molecular formula is C16H19ClO2. The number of halogens is 1. The van der Waals surface area contributed by atoms with Crippen LogP contribution in [0.5, 0.6) is 0 Å². The predicted molar refractivity (Wildman–Crippen MR) is 77.4 cm³/mol. The quantitative estimate of drug-likeness (QED) is 0.807. The van der Waals surface area contributed by atoms with Crippen molar-refractivity contribution < 1.29 is 9.52 Å². The van der Waals surface area contributed by atoms with Gasteiger partial charge in [-0.15, -0.1) is 0 Å². The van der Waals surface area contributed by atoms with Crippen molar-refractivity contribution in [3.8, 4) is 0 Å². The van der Waals surface area contributed by atoms with E-state index in [1.807, 2.05) is 24.3 Å². The average Bonchev–Trinajstić information content (AvgIpc) is 2.76. The minimum atomic E-state index is -0.878. The molecule has 1 heterocycles. The number of fused-ring (bicyclic) bond motifs is 1. The van der Waals surface area contributed by atoms with Crippen molar-refractivity contribution in [3.05, 3.63) is 35.0 Å². The zero-order chi connectivity index (χ0) is 13.7. The lowest BCUT2D eigenvalue weighted by atomic mass is 9.64. The molecule has 1 N–H and O–H groups in total. The van der Waals surface area contributed by atoms with Gasteiger partial charge in [0.05, 0.1) is 0 Å². The van der Waals surface area contributed by atoms with Crippen LogP contribution in [0.15, 0.2) is 28.7 Å². The van der Waals surface area contributed by atoms with Crippen LogP contribution in [-0.2, 0) is 5.60 Å².